The molecular weight excluding hydrogens is 358 g/mol. The Kier molecular flexibility index (Phi) is 4.17. The van der Waals surface area contributed by atoms with Gasteiger partial charge in [-0.3, -0.25) is 0 Å². The van der Waals surface area contributed by atoms with Crippen LogP contribution in [0.2, 0.25) is 0 Å². The van der Waals surface area contributed by atoms with Crippen LogP contribution in [0.3, 0.4) is 0 Å². The number of hydrogen-bond acceptors (Lipinski definition) is 2. The van der Waals surface area contributed by atoms with Crippen LogP contribution in [-0.2, 0) is 6.54 Å². The maximum Gasteiger partial charge on any atom is 0.183 e. The Morgan fingerprint density at radius 2 is 1.67 bits per heavy atom. The lowest BCUT2D eigenvalue weighted by atomic mass is 10.1. The van der Waals surface area contributed by atoms with Crippen LogP contribution >= 0.6 is 31.9 Å². The Morgan fingerprint density at radius 1 is 1.06 bits per heavy atom. The second kappa shape index (κ2) is 5.49. The summed E-state index contributed by atoms with van der Waals surface area (Å²) in [5, 5.41) is 3.43. The van der Waals surface area contributed by atoms with Gasteiger partial charge in [-0.25, -0.2) is 0 Å². The molecule has 0 unspecified atom stereocenters. The molecule has 0 spiro atoms. The summed E-state index contributed by atoms with van der Waals surface area (Å²) in [5.41, 5.74) is 5.00. The molecule has 0 aliphatic carbocycles. The smallest absolute Gasteiger partial charge is 0.183 e. The highest BCUT2D eigenvalue weighted by Gasteiger charge is 2.08. The highest BCUT2D eigenvalue weighted by Crippen LogP contribution is 2.28. The minimum Gasteiger partial charge on any atom is -0.451 e. The Morgan fingerprint density at radius 3 is 2.17 bits per heavy atom. The number of rotatable bonds is 3. The third-order valence-electron chi connectivity index (χ3n) is 2.81. The summed E-state index contributed by atoms with van der Waals surface area (Å²) in [4.78, 5) is 0. The number of furan rings is 1. The number of halogens is 2. The quantitative estimate of drug-likeness (QED) is 0.786. The number of aryl methyl sites for hydroxylation is 3. The molecule has 0 atom stereocenters. The fraction of sp³-hybridized carbons (Fsp3) is 0.286. The number of anilines is 1. The van der Waals surface area contributed by atoms with Crippen LogP contribution in [0, 0.1) is 20.8 Å². The predicted octanol–water partition coefficient (Wildman–Crippen LogP) is 5.34. The van der Waals surface area contributed by atoms with Crippen LogP contribution in [-0.4, -0.2) is 0 Å². The average molecular weight is 373 g/mol. The van der Waals surface area contributed by atoms with E-state index in [4.69, 9.17) is 4.42 Å². The van der Waals surface area contributed by atoms with Crippen LogP contribution < -0.4 is 5.32 Å². The van der Waals surface area contributed by atoms with Gasteiger partial charge < -0.3 is 9.73 Å². The summed E-state index contributed by atoms with van der Waals surface area (Å²) >= 11 is 6.75. The van der Waals surface area contributed by atoms with Crippen molar-refractivity contribution in [3.63, 3.8) is 0 Å². The summed E-state index contributed by atoms with van der Waals surface area (Å²) in [5.74, 6) is 0.896. The SMILES string of the molecule is Cc1cc(C)c(NCc2cc(Br)c(Br)o2)c(C)c1. The molecule has 0 saturated heterocycles. The lowest BCUT2D eigenvalue weighted by Crippen LogP contribution is -2.02. The Hall–Kier alpha value is -0.740. The first-order chi connectivity index (χ1) is 8.47. The van der Waals surface area contributed by atoms with E-state index in [1.54, 1.807) is 0 Å². The fourth-order valence-electron chi connectivity index (χ4n) is 2.11. The first kappa shape index (κ1) is 13.7. The average Bonchev–Trinajstić information content (AvgIpc) is 2.56. The van der Waals surface area contributed by atoms with Crippen molar-refractivity contribution in [2.24, 2.45) is 0 Å². The molecule has 1 N–H and O–H groups in total. The zero-order valence-electron chi connectivity index (χ0n) is 10.6. The molecule has 0 bridgehead atoms. The van der Waals surface area contributed by atoms with Gasteiger partial charge >= 0.3 is 0 Å². The lowest BCUT2D eigenvalue weighted by Gasteiger charge is -2.12. The molecule has 96 valence electrons. The number of hydrogen-bond donors (Lipinski definition) is 1. The van der Waals surface area contributed by atoms with E-state index in [1.165, 1.54) is 22.4 Å². The van der Waals surface area contributed by atoms with E-state index in [2.05, 4.69) is 70.1 Å². The van der Waals surface area contributed by atoms with Gasteiger partial charge in [-0.2, -0.15) is 0 Å². The number of nitrogens with one attached hydrogen (secondary N) is 1. The second-order valence-corrected chi connectivity index (χ2v) is 6.04. The molecule has 4 heteroatoms. The van der Waals surface area contributed by atoms with E-state index in [9.17, 15) is 0 Å². The highest BCUT2D eigenvalue weighted by atomic mass is 79.9. The van der Waals surface area contributed by atoms with Crippen molar-refractivity contribution >= 4 is 37.5 Å². The minimum atomic E-state index is 0.676. The molecule has 0 aliphatic heterocycles. The molecule has 0 fully saturated rings. The Balaban J connectivity index is 2.15. The molecule has 1 aromatic heterocycles. The Labute approximate surface area is 124 Å². The topological polar surface area (TPSA) is 25.2 Å². The van der Waals surface area contributed by atoms with Gasteiger partial charge in [-0.05, 0) is 69.8 Å². The molecule has 0 amide bonds. The predicted molar refractivity (Wildman–Crippen MR) is 82.1 cm³/mol. The summed E-state index contributed by atoms with van der Waals surface area (Å²) in [6.07, 6.45) is 0. The van der Waals surface area contributed by atoms with E-state index in [1.807, 2.05) is 6.07 Å². The molecule has 0 aliphatic rings. The van der Waals surface area contributed by atoms with E-state index in [-0.39, 0.29) is 0 Å². The van der Waals surface area contributed by atoms with Gasteiger partial charge in [0.15, 0.2) is 4.67 Å². The summed E-state index contributed by atoms with van der Waals surface area (Å²) in [6.45, 7) is 7.03. The molecule has 1 heterocycles. The third kappa shape index (κ3) is 2.98. The first-order valence-electron chi connectivity index (χ1n) is 5.73. The molecule has 0 saturated carbocycles. The summed E-state index contributed by atoms with van der Waals surface area (Å²) in [6, 6.07) is 6.34. The molecule has 2 aromatic rings. The van der Waals surface area contributed by atoms with Gasteiger partial charge in [0, 0.05) is 5.69 Å². The van der Waals surface area contributed by atoms with Crippen LogP contribution in [0.15, 0.2) is 31.8 Å². The van der Waals surface area contributed by atoms with Gasteiger partial charge in [0.25, 0.3) is 0 Å². The van der Waals surface area contributed by atoms with Crippen molar-refractivity contribution in [3.8, 4) is 0 Å². The lowest BCUT2D eigenvalue weighted by molar-refractivity contribution is 0.494. The van der Waals surface area contributed by atoms with Gasteiger partial charge in [0.2, 0.25) is 0 Å². The fourth-order valence-corrected chi connectivity index (χ4v) is 2.77. The minimum absolute atomic E-state index is 0.676. The molecule has 2 rings (SSSR count). The van der Waals surface area contributed by atoms with Gasteiger partial charge in [-0.15, -0.1) is 0 Å². The van der Waals surface area contributed by atoms with E-state index in [0.29, 0.717) is 6.54 Å². The zero-order chi connectivity index (χ0) is 13.3. The van der Waals surface area contributed by atoms with Crippen LogP contribution in [0.5, 0.6) is 0 Å². The van der Waals surface area contributed by atoms with Crippen molar-refractivity contribution in [1.82, 2.24) is 0 Å². The monoisotopic (exact) mass is 371 g/mol. The largest absolute Gasteiger partial charge is 0.451 e. The van der Waals surface area contributed by atoms with Crippen LogP contribution in [0.25, 0.3) is 0 Å². The van der Waals surface area contributed by atoms with Gasteiger partial charge in [-0.1, -0.05) is 17.7 Å². The summed E-state index contributed by atoms with van der Waals surface area (Å²) < 4.78 is 7.22. The van der Waals surface area contributed by atoms with Crippen molar-refractivity contribution in [3.05, 3.63) is 49.8 Å². The van der Waals surface area contributed by atoms with Gasteiger partial charge in [0.1, 0.15) is 5.76 Å². The highest BCUT2D eigenvalue weighted by molar-refractivity contribution is 9.13. The van der Waals surface area contributed by atoms with Crippen LogP contribution in [0.1, 0.15) is 22.5 Å². The molecule has 2 nitrogen and oxygen atoms in total. The van der Waals surface area contributed by atoms with Crippen molar-refractivity contribution < 1.29 is 4.42 Å². The first-order valence-corrected chi connectivity index (χ1v) is 7.31. The molecule has 0 radical (unpaired) electrons. The van der Waals surface area contributed by atoms with E-state index < -0.39 is 0 Å². The standard InChI is InChI=1S/C14H15Br2NO/c1-8-4-9(2)13(10(3)5-8)17-7-11-6-12(15)14(16)18-11/h4-6,17H,7H2,1-3H3. The normalized spacial score (nSPS) is 10.7. The van der Waals surface area contributed by atoms with Crippen molar-refractivity contribution in [2.45, 2.75) is 27.3 Å². The Bertz CT molecular complexity index is 533. The van der Waals surface area contributed by atoms with Crippen molar-refractivity contribution in [1.29, 1.82) is 0 Å². The second-order valence-electron chi connectivity index (χ2n) is 4.46. The number of benzene rings is 1. The van der Waals surface area contributed by atoms with Crippen molar-refractivity contribution in [2.75, 3.05) is 5.32 Å². The third-order valence-corrected chi connectivity index (χ3v) is 4.52. The molecule has 18 heavy (non-hydrogen) atoms. The van der Waals surface area contributed by atoms with Crippen LogP contribution in [0.4, 0.5) is 5.69 Å². The van der Waals surface area contributed by atoms with E-state index in [0.717, 1.165) is 14.9 Å². The maximum atomic E-state index is 5.55. The van der Waals surface area contributed by atoms with E-state index >= 15 is 0 Å². The summed E-state index contributed by atoms with van der Waals surface area (Å²) in [7, 11) is 0. The zero-order valence-corrected chi connectivity index (χ0v) is 13.8. The maximum absolute atomic E-state index is 5.55. The molecule has 1 aromatic carbocycles. The van der Waals surface area contributed by atoms with Gasteiger partial charge in [0.05, 0.1) is 11.0 Å². The molecular formula is C14H15Br2NO.